The summed E-state index contributed by atoms with van der Waals surface area (Å²) in [6.45, 7) is 0.469. The number of amides is 3. The smallest absolute Gasteiger partial charge is 0.319 e. The molecule has 0 spiro atoms. The fourth-order valence-corrected chi connectivity index (χ4v) is 2.92. The zero-order valence-electron chi connectivity index (χ0n) is 13.6. The van der Waals surface area contributed by atoms with Crippen LogP contribution >= 0.6 is 11.6 Å². The van der Waals surface area contributed by atoms with Crippen molar-refractivity contribution < 1.29 is 14.3 Å². The van der Waals surface area contributed by atoms with E-state index in [0.29, 0.717) is 17.3 Å². The Kier molecular flexibility index (Phi) is 5.09. The van der Waals surface area contributed by atoms with E-state index in [1.807, 2.05) is 24.3 Å². The number of hydrogen-bond acceptors (Lipinski definition) is 3. The van der Waals surface area contributed by atoms with E-state index in [0.717, 1.165) is 11.3 Å². The maximum atomic E-state index is 12.2. The number of benzene rings is 2. The predicted octanol–water partition coefficient (Wildman–Crippen LogP) is 2.75. The van der Waals surface area contributed by atoms with Gasteiger partial charge >= 0.3 is 6.03 Å². The lowest BCUT2D eigenvalue weighted by Crippen LogP contribution is -2.44. The summed E-state index contributed by atoms with van der Waals surface area (Å²) in [5.41, 5.74) is 1.55. The molecule has 6 nitrogen and oxygen atoms in total. The number of rotatable bonds is 4. The van der Waals surface area contributed by atoms with Gasteiger partial charge in [0.1, 0.15) is 11.8 Å². The molecule has 1 aliphatic rings. The third-order valence-corrected chi connectivity index (χ3v) is 4.37. The molecule has 1 heterocycles. The molecule has 0 saturated carbocycles. The second-order valence-electron chi connectivity index (χ2n) is 5.71. The summed E-state index contributed by atoms with van der Waals surface area (Å²) in [6, 6.07) is 13.1. The van der Waals surface area contributed by atoms with Crippen molar-refractivity contribution in [2.45, 2.75) is 12.0 Å². The number of ether oxygens (including phenoxy) is 1. The fourth-order valence-electron chi connectivity index (χ4n) is 2.79. The first kappa shape index (κ1) is 17.1. The van der Waals surface area contributed by atoms with Gasteiger partial charge in [-0.3, -0.25) is 4.79 Å². The molecular formula is C18H18ClN3O3. The lowest BCUT2D eigenvalue weighted by molar-refractivity contribution is -0.120. The van der Waals surface area contributed by atoms with Crippen LogP contribution in [0.25, 0.3) is 0 Å². The van der Waals surface area contributed by atoms with E-state index in [1.54, 1.807) is 31.4 Å². The van der Waals surface area contributed by atoms with Crippen LogP contribution in [0.5, 0.6) is 5.75 Å². The molecule has 1 saturated heterocycles. The van der Waals surface area contributed by atoms with Crippen molar-refractivity contribution in [1.82, 2.24) is 10.6 Å². The third-order valence-electron chi connectivity index (χ3n) is 4.11. The van der Waals surface area contributed by atoms with Gasteiger partial charge in [-0.2, -0.15) is 0 Å². The average molecular weight is 360 g/mol. The average Bonchev–Trinajstić information content (AvgIpc) is 2.98. The van der Waals surface area contributed by atoms with E-state index in [9.17, 15) is 9.59 Å². The highest BCUT2D eigenvalue weighted by Crippen LogP contribution is 2.25. The van der Waals surface area contributed by atoms with Gasteiger partial charge in [0, 0.05) is 23.2 Å². The van der Waals surface area contributed by atoms with Gasteiger partial charge in [0.05, 0.1) is 7.11 Å². The van der Waals surface area contributed by atoms with Gasteiger partial charge in [0.25, 0.3) is 0 Å². The first-order chi connectivity index (χ1) is 12.1. The van der Waals surface area contributed by atoms with Gasteiger partial charge in [0.2, 0.25) is 5.91 Å². The molecule has 1 aliphatic heterocycles. The molecule has 1 fully saturated rings. The first-order valence-electron chi connectivity index (χ1n) is 7.81. The zero-order chi connectivity index (χ0) is 17.8. The fraction of sp³-hybridized carbons (Fsp3) is 0.222. The lowest BCUT2D eigenvalue weighted by atomic mass is 9.94. The van der Waals surface area contributed by atoms with E-state index in [2.05, 4.69) is 16.0 Å². The highest BCUT2D eigenvalue weighted by molar-refractivity contribution is 6.30. The molecule has 7 heteroatoms. The summed E-state index contributed by atoms with van der Waals surface area (Å²) < 4.78 is 5.15. The molecule has 0 unspecified atom stereocenters. The minimum Gasteiger partial charge on any atom is -0.497 e. The van der Waals surface area contributed by atoms with Gasteiger partial charge < -0.3 is 20.7 Å². The Morgan fingerprint density at radius 2 is 1.84 bits per heavy atom. The van der Waals surface area contributed by atoms with Crippen LogP contribution in [0.3, 0.4) is 0 Å². The molecule has 3 N–H and O–H groups in total. The van der Waals surface area contributed by atoms with Crippen molar-refractivity contribution in [1.29, 1.82) is 0 Å². The van der Waals surface area contributed by atoms with Crippen LogP contribution in [0.2, 0.25) is 5.02 Å². The molecule has 0 radical (unpaired) electrons. The van der Waals surface area contributed by atoms with E-state index < -0.39 is 12.1 Å². The van der Waals surface area contributed by atoms with Crippen LogP contribution in [0.15, 0.2) is 48.5 Å². The minimum atomic E-state index is -0.638. The van der Waals surface area contributed by atoms with Crippen molar-refractivity contribution in [3.63, 3.8) is 0 Å². The number of hydrogen-bond donors (Lipinski definition) is 3. The van der Waals surface area contributed by atoms with Crippen LogP contribution in [0, 0.1) is 0 Å². The number of urea groups is 1. The molecule has 0 aliphatic carbocycles. The Morgan fingerprint density at radius 3 is 2.48 bits per heavy atom. The van der Waals surface area contributed by atoms with E-state index in [1.165, 1.54) is 0 Å². The first-order valence-corrected chi connectivity index (χ1v) is 8.19. The number of carbonyl (C=O) groups is 2. The summed E-state index contributed by atoms with van der Waals surface area (Å²) in [6.07, 6.45) is 0. The number of nitrogens with one attached hydrogen (secondary N) is 3. The Labute approximate surface area is 150 Å². The van der Waals surface area contributed by atoms with E-state index in [4.69, 9.17) is 16.3 Å². The molecule has 3 amide bonds. The van der Waals surface area contributed by atoms with Crippen molar-refractivity contribution in [3.8, 4) is 5.75 Å². The van der Waals surface area contributed by atoms with Crippen LogP contribution in [-0.4, -0.2) is 31.6 Å². The second-order valence-corrected chi connectivity index (χ2v) is 6.14. The molecule has 2 aromatic rings. The lowest BCUT2D eigenvalue weighted by Gasteiger charge is -2.19. The number of anilines is 1. The third kappa shape index (κ3) is 4.03. The summed E-state index contributed by atoms with van der Waals surface area (Å²) in [4.78, 5) is 24.3. The van der Waals surface area contributed by atoms with Gasteiger partial charge in [0.15, 0.2) is 0 Å². The number of carbonyl (C=O) groups excluding carboxylic acids is 2. The predicted molar refractivity (Wildman–Crippen MR) is 96.1 cm³/mol. The Balaban J connectivity index is 1.68. The monoisotopic (exact) mass is 359 g/mol. The largest absolute Gasteiger partial charge is 0.497 e. The normalized spacial score (nSPS) is 19.2. The minimum absolute atomic E-state index is 0.144. The number of methoxy groups -OCH3 is 1. The van der Waals surface area contributed by atoms with Crippen LogP contribution < -0.4 is 20.7 Å². The van der Waals surface area contributed by atoms with Gasteiger partial charge in [-0.05, 0) is 42.0 Å². The maximum Gasteiger partial charge on any atom is 0.319 e. The Hall–Kier alpha value is -2.73. The summed E-state index contributed by atoms with van der Waals surface area (Å²) >= 11 is 5.82. The topological polar surface area (TPSA) is 79.5 Å². The molecule has 0 aromatic heterocycles. The van der Waals surface area contributed by atoms with Crippen LogP contribution in [0.4, 0.5) is 10.5 Å². The standard InChI is InChI=1S/C18H18ClN3O3/c1-25-14-8-2-11(3-9-14)15-10-20-17(23)16(15)22-18(24)21-13-6-4-12(19)5-7-13/h2-9,15-16H,10H2,1H3,(H,20,23)(H2,21,22,24)/t15-,16+/m0/s1. The summed E-state index contributed by atoms with van der Waals surface area (Å²) in [7, 11) is 1.60. The van der Waals surface area contributed by atoms with Crippen LogP contribution in [0.1, 0.15) is 11.5 Å². The molecule has 3 rings (SSSR count). The van der Waals surface area contributed by atoms with Crippen LogP contribution in [-0.2, 0) is 4.79 Å². The Bertz CT molecular complexity index is 762. The van der Waals surface area contributed by atoms with Gasteiger partial charge in [-0.25, -0.2) is 4.79 Å². The zero-order valence-corrected chi connectivity index (χ0v) is 14.3. The maximum absolute atomic E-state index is 12.2. The van der Waals surface area contributed by atoms with E-state index in [-0.39, 0.29) is 11.8 Å². The number of halogens is 1. The molecular weight excluding hydrogens is 342 g/mol. The Morgan fingerprint density at radius 1 is 1.16 bits per heavy atom. The molecule has 130 valence electrons. The molecule has 25 heavy (non-hydrogen) atoms. The summed E-state index contributed by atoms with van der Waals surface area (Å²) in [5.74, 6) is 0.396. The van der Waals surface area contributed by atoms with Crippen molar-refractivity contribution in [3.05, 3.63) is 59.1 Å². The summed E-state index contributed by atoms with van der Waals surface area (Å²) in [5, 5.41) is 8.82. The highest BCUT2D eigenvalue weighted by atomic mass is 35.5. The molecule has 0 bridgehead atoms. The quantitative estimate of drug-likeness (QED) is 0.785. The molecule has 2 aromatic carbocycles. The SMILES string of the molecule is COc1ccc([C@@H]2CNC(=O)[C@@H]2NC(=O)Nc2ccc(Cl)cc2)cc1. The van der Waals surface area contributed by atoms with Gasteiger partial charge in [-0.1, -0.05) is 23.7 Å². The van der Waals surface area contributed by atoms with Gasteiger partial charge in [-0.15, -0.1) is 0 Å². The second kappa shape index (κ2) is 7.44. The van der Waals surface area contributed by atoms with E-state index >= 15 is 0 Å². The van der Waals surface area contributed by atoms with Crippen molar-refractivity contribution in [2.24, 2.45) is 0 Å². The van der Waals surface area contributed by atoms with Crippen molar-refractivity contribution in [2.75, 3.05) is 19.0 Å². The van der Waals surface area contributed by atoms with Crippen molar-refractivity contribution >= 4 is 29.2 Å². The highest BCUT2D eigenvalue weighted by Gasteiger charge is 2.36. The molecule has 2 atom stereocenters.